The highest BCUT2D eigenvalue weighted by molar-refractivity contribution is 5.94. The number of carbonyl (C=O) groups is 1. The highest BCUT2D eigenvalue weighted by atomic mass is 16.5. The van der Waals surface area contributed by atoms with Crippen LogP contribution < -0.4 is 15.0 Å². The summed E-state index contributed by atoms with van der Waals surface area (Å²) in [5, 5.41) is 2.94. The van der Waals surface area contributed by atoms with Crippen LogP contribution in [0.1, 0.15) is 12.0 Å². The summed E-state index contributed by atoms with van der Waals surface area (Å²) in [6.07, 6.45) is 2.18. The van der Waals surface area contributed by atoms with Gasteiger partial charge in [-0.1, -0.05) is 18.2 Å². The predicted octanol–water partition coefficient (Wildman–Crippen LogP) is 3.09. The number of aryl methyl sites for hydroxylation is 1. The summed E-state index contributed by atoms with van der Waals surface area (Å²) in [6.45, 7) is 1.30. The van der Waals surface area contributed by atoms with Gasteiger partial charge in [0.05, 0.1) is 13.7 Å². The molecule has 1 amide bonds. The molecule has 4 heteroatoms. The highest BCUT2D eigenvalue weighted by Crippen LogP contribution is 2.26. The number of amides is 1. The van der Waals surface area contributed by atoms with Gasteiger partial charge in [-0.15, -0.1) is 0 Å². The molecule has 4 nitrogen and oxygen atoms in total. The molecule has 0 bridgehead atoms. The maximum atomic E-state index is 12.3. The number of benzene rings is 2. The van der Waals surface area contributed by atoms with Crippen LogP contribution >= 0.6 is 0 Å². The topological polar surface area (TPSA) is 41.6 Å². The van der Waals surface area contributed by atoms with Crippen molar-refractivity contribution in [1.29, 1.82) is 0 Å². The molecule has 22 heavy (non-hydrogen) atoms. The zero-order valence-corrected chi connectivity index (χ0v) is 12.7. The minimum Gasteiger partial charge on any atom is -0.497 e. The fraction of sp³-hybridized carbons (Fsp3) is 0.278. The highest BCUT2D eigenvalue weighted by Gasteiger charge is 2.18. The van der Waals surface area contributed by atoms with Crippen LogP contribution in [0, 0.1) is 0 Å². The average Bonchev–Trinajstić information content (AvgIpc) is 2.56. The molecule has 0 unspecified atom stereocenters. The second-order valence-electron chi connectivity index (χ2n) is 5.43. The second-order valence-corrected chi connectivity index (χ2v) is 5.43. The van der Waals surface area contributed by atoms with Crippen LogP contribution in [-0.4, -0.2) is 26.1 Å². The number of anilines is 2. The smallest absolute Gasteiger partial charge is 0.243 e. The SMILES string of the molecule is COc1ccc(NC(=O)CN2CCCc3ccccc32)cc1. The van der Waals surface area contributed by atoms with Crippen molar-refractivity contribution in [3.8, 4) is 5.75 Å². The van der Waals surface area contributed by atoms with Crippen LogP contribution in [0.2, 0.25) is 0 Å². The molecule has 1 aliphatic rings. The van der Waals surface area contributed by atoms with E-state index in [1.54, 1.807) is 7.11 Å². The van der Waals surface area contributed by atoms with E-state index in [4.69, 9.17) is 4.74 Å². The van der Waals surface area contributed by atoms with Gasteiger partial charge in [0.2, 0.25) is 5.91 Å². The third kappa shape index (κ3) is 3.22. The number of ether oxygens (including phenoxy) is 1. The van der Waals surface area contributed by atoms with Crippen molar-refractivity contribution in [3.05, 3.63) is 54.1 Å². The van der Waals surface area contributed by atoms with Gasteiger partial charge in [0.15, 0.2) is 0 Å². The van der Waals surface area contributed by atoms with E-state index in [1.807, 2.05) is 30.3 Å². The van der Waals surface area contributed by atoms with E-state index in [2.05, 4.69) is 28.4 Å². The first kappa shape index (κ1) is 14.4. The number of methoxy groups -OCH3 is 1. The number of rotatable bonds is 4. The summed E-state index contributed by atoms with van der Waals surface area (Å²) < 4.78 is 5.11. The van der Waals surface area contributed by atoms with E-state index in [0.29, 0.717) is 6.54 Å². The summed E-state index contributed by atoms with van der Waals surface area (Å²) in [4.78, 5) is 14.4. The summed E-state index contributed by atoms with van der Waals surface area (Å²) >= 11 is 0. The van der Waals surface area contributed by atoms with Gasteiger partial charge in [0.25, 0.3) is 0 Å². The van der Waals surface area contributed by atoms with E-state index in [-0.39, 0.29) is 5.91 Å². The standard InChI is InChI=1S/C18H20N2O2/c1-22-16-10-8-15(9-11-16)19-18(21)13-20-12-4-6-14-5-2-3-7-17(14)20/h2-3,5,7-11H,4,6,12-13H2,1H3,(H,19,21). The van der Waals surface area contributed by atoms with Crippen molar-refractivity contribution < 1.29 is 9.53 Å². The quantitative estimate of drug-likeness (QED) is 0.942. The molecule has 0 saturated carbocycles. The Bertz CT molecular complexity index is 652. The molecule has 0 spiro atoms. The van der Waals surface area contributed by atoms with Crippen LogP contribution in [0.5, 0.6) is 5.75 Å². The molecule has 3 rings (SSSR count). The van der Waals surface area contributed by atoms with Crippen molar-refractivity contribution in [3.63, 3.8) is 0 Å². The van der Waals surface area contributed by atoms with E-state index in [0.717, 1.165) is 30.8 Å². The lowest BCUT2D eigenvalue weighted by Gasteiger charge is -2.30. The molecule has 1 aliphatic heterocycles. The van der Waals surface area contributed by atoms with Crippen molar-refractivity contribution in [1.82, 2.24) is 0 Å². The molecular formula is C18H20N2O2. The monoisotopic (exact) mass is 296 g/mol. The Labute approximate surface area is 130 Å². The van der Waals surface area contributed by atoms with Gasteiger partial charge < -0.3 is 15.0 Å². The number of hydrogen-bond acceptors (Lipinski definition) is 3. The molecule has 0 radical (unpaired) electrons. The Morgan fingerprint density at radius 3 is 2.73 bits per heavy atom. The first-order valence-corrected chi connectivity index (χ1v) is 7.53. The van der Waals surface area contributed by atoms with Gasteiger partial charge in [0, 0.05) is 17.9 Å². The molecule has 0 fully saturated rings. The average molecular weight is 296 g/mol. The van der Waals surface area contributed by atoms with Crippen LogP contribution in [0.15, 0.2) is 48.5 Å². The summed E-state index contributed by atoms with van der Waals surface area (Å²) in [5.74, 6) is 0.782. The molecule has 2 aromatic rings. The number of nitrogens with one attached hydrogen (secondary N) is 1. The molecule has 2 aromatic carbocycles. The minimum atomic E-state index is 0.00173. The molecule has 1 N–H and O–H groups in total. The van der Waals surface area contributed by atoms with Gasteiger partial charge in [-0.3, -0.25) is 4.79 Å². The predicted molar refractivity (Wildman–Crippen MR) is 88.6 cm³/mol. The first-order valence-electron chi connectivity index (χ1n) is 7.53. The van der Waals surface area contributed by atoms with Crippen LogP contribution in [-0.2, 0) is 11.2 Å². The zero-order valence-electron chi connectivity index (χ0n) is 12.7. The lowest BCUT2D eigenvalue weighted by Crippen LogP contribution is -2.36. The Morgan fingerprint density at radius 2 is 1.95 bits per heavy atom. The van der Waals surface area contributed by atoms with Crippen LogP contribution in [0.3, 0.4) is 0 Å². The Hall–Kier alpha value is -2.49. The van der Waals surface area contributed by atoms with Crippen LogP contribution in [0.4, 0.5) is 11.4 Å². The number of hydrogen-bond donors (Lipinski definition) is 1. The van der Waals surface area contributed by atoms with Crippen LogP contribution in [0.25, 0.3) is 0 Å². The zero-order chi connectivity index (χ0) is 15.4. The van der Waals surface area contributed by atoms with Gasteiger partial charge in [-0.25, -0.2) is 0 Å². The normalized spacial score (nSPS) is 13.4. The minimum absolute atomic E-state index is 0.00173. The van der Waals surface area contributed by atoms with Gasteiger partial charge in [0.1, 0.15) is 5.75 Å². The fourth-order valence-corrected chi connectivity index (χ4v) is 2.82. The maximum absolute atomic E-state index is 12.3. The third-order valence-electron chi connectivity index (χ3n) is 3.91. The lowest BCUT2D eigenvalue weighted by atomic mass is 10.0. The van der Waals surface area contributed by atoms with Gasteiger partial charge in [-0.2, -0.15) is 0 Å². The number of nitrogens with zero attached hydrogens (tertiary/aromatic N) is 1. The Kier molecular flexibility index (Phi) is 4.28. The lowest BCUT2D eigenvalue weighted by molar-refractivity contribution is -0.115. The molecule has 0 aromatic heterocycles. The van der Waals surface area contributed by atoms with Crippen molar-refractivity contribution >= 4 is 17.3 Å². The van der Waals surface area contributed by atoms with E-state index in [9.17, 15) is 4.79 Å². The number of fused-ring (bicyclic) bond motifs is 1. The fourth-order valence-electron chi connectivity index (χ4n) is 2.82. The van der Waals surface area contributed by atoms with E-state index >= 15 is 0 Å². The number of carbonyl (C=O) groups excluding carboxylic acids is 1. The number of para-hydroxylation sites is 1. The third-order valence-corrected chi connectivity index (χ3v) is 3.91. The molecule has 114 valence electrons. The molecule has 0 aliphatic carbocycles. The van der Waals surface area contributed by atoms with Gasteiger partial charge >= 0.3 is 0 Å². The maximum Gasteiger partial charge on any atom is 0.243 e. The second kappa shape index (κ2) is 6.52. The molecular weight excluding hydrogens is 276 g/mol. The Morgan fingerprint density at radius 1 is 1.18 bits per heavy atom. The van der Waals surface area contributed by atoms with Gasteiger partial charge in [-0.05, 0) is 48.7 Å². The van der Waals surface area contributed by atoms with Crippen molar-refractivity contribution in [2.45, 2.75) is 12.8 Å². The molecule has 0 atom stereocenters. The largest absolute Gasteiger partial charge is 0.497 e. The Balaban J connectivity index is 1.65. The van der Waals surface area contributed by atoms with E-state index in [1.165, 1.54) is 11.3 Å². The molecule has 1 heterocycles. The first-order chi connectivity index (χ1) is 10.8. The summed E-state index contributed by atoms with van der Waals surface area (Å²) in [7, 11) is 1.63. The molecule has 0 saturated heterocycles. The van der Waals surface area contributed by atoms with E-state index < -0.39 is 0 Å². The van der Waals surface area contributed by atoms with Crippen molar-refractivity contribution in [2.24, 2.45) is 0 Å². The van der Waals surface area contributed by atoms with Crippen molar-refractivity contribution in [2.75, 3.05) is 30.4 Å². The summed E-state index contributed by atoms with van der Waals surface area (Å²) in [5.41, 5.74) is 3.29. The summed E-state index contributed by atoms with van der Waals surface area (Å²) in [6, 6.07) is 15.7.